The van der Waals surface area contributed by atoms with Gasteiger partial charge in [0.25, 0.3) is 0 Å². The molecule has 1 aromatic heterocycles. The number of nitrogens with zero attached hydrogens (tertiary/aromatic N) is 2. The van der Waals surface area contributed by atoms with Crippen molar-refractivity contribution in [1.29, 1.82) is 0 Å². The van der Waals surface area contributed by atoms with Crippen molar-refractivity contribution < 1.29 is 0 Å². The molecular formula is C20H24N4. The largest absolute Gasteiger partial charge is 0.307 e. The highest BCUT2D eigenvalue weighted by molar-refractivity contribution is 5.96. The van der Waals surface area contributed by atoms with E-state index in [1.807, 2.05) is 24.4 Å². The molecule has 4 heteroatoms. The van der Waals surface area contributed by atoms with E-state index >= 15 is 0 Å². The molecule has 0 bridgehead atoms. The van der Waals surface area contributed by atoms with E-state index in [1.165, 1.54) is 17.3 Å². The minimum absolute atomic E-state index is 0.683. The lowest BCUT2D eigenvalue weighted by Crippen LogP contribution is -2.21. The van der Waals surface area contributed by atoms with Gasteiger partial charge >= 0.3 is 0 Å². The summed E-state index contributed by atoms with van der Waals surface area (Å²) in [7, 11) is 0. The number of nitrogens with one attached hydrogen (secondary N) is 2. The molecule has 0 saturated heterocycles. The number of hydrogen-bond acceptors (Lipinski definition) is 4. The molecule has 0 aliphatic rings. The van der Waals surface area contributed by atoms with Gasteiger partial charge in [-0.3, -0.25) is 9.98 Å². The van der Waals surface area contributed by atoms with Gasteiger partial charge in [-0.25, -0.2) is 0 Å². The van der Waals surface area contributed by atoms with Crippen LogP contribution in [0.5, 0.6) is 0 Å². The molecule has 24 heavy (non-hydrogen) atoms. The maximum Gasteiger partial charge on any atom is 0.0541 e. The Morgan fingerprint density at radius 2 is 1.67 bits per heavy atom. The van der Waals surface area contributed by atoms with Gasteiger partial charge in [-0.05, 0) is 29.3 Å². The Morgan fingerprint density at radius 1 is 0.958 bits per heavy atom. The van der Waals surface area contributed by atoms with Gasteiger partial charge in [-0.2, -0.15) is 0 Å². The second-order valence-electron chi connectivity index (χ2n) is 5.35. The Morgan fingerprint density at radius 3 is 2.25 bits per heavy atom. The molecule has 0 aliphatic heterocycles. The molecular weight excluding hydrogens is 296 g/mol. The average Bonchev–Trinajstić information content (AvgIpc) is 2.63. The third-order valence-electron chi connectivity index (χ3n) is 3.51. The fourth-order valence-electron chi connectivity index (χ4n) is 2.24. The van der Waals surface area contributed by atoms with Crippen LogP contribution in [0, 0.1) is 0 Å². The van der Waals surface area contributed by atoms with Gasteiger partial charge in [0.05, 0.1) is 11.4 Å². The van der Waals surface area contributed by atoms with Crippen molar-refractivity contribution in [3.8, 4) is 0 Å². The Balaban J connectivity index is 1.73. The molecule has 1 heterocycles. The standard InChI is InChI=1S/C20H24N4/c1-3-19(23-4-2)15-21-13-17-8-10-18(11-9-17)14-22-16-20-7-5-6-12-24-20/h3-12,21-22H,1-2,13-16H2/b23-19+. The summed E-state index contributed by atoms with van der Waals surface area (Å²) in [5.74, 6) is 0. The van der Waals surface area contributed by atoms with Crippen LogP contribution in [0.2, 0.25) is 0 Å². The summed E-state index contributed by atoms with van der Waals surface area (Å²) in [5.41, 5.74) is 4.44. The lowest BCUT2D eigenvalue weighted by atomic mass is 10.1. The number of hydrogen-bond donors (Lipinski definition) is 2. The van der Waals surface area contributed by atoms with Gasteiger partial charge in [0.15, 0.2) is 0 Å². The molecule has 2 N–H and O–H groups in total. The van der Waals surface area contributed by atoms with Gasteiger partial charge in [0.2, 0.25) is 0 Å². The molecule has 0 spiro atoms. The lowest BCUT2D eigenvalue weighted by molar-refractivity contribution is 0.679. The second-order valence-corrected chi connectivity index (χ2v) is 5.35. The van der Waals surface area contributed by atoms with Crippen LogP contribution in [-0.4, -0.2) is 17.2 Å². The van der Waals surface area contributed by atoms with Crippen LogP contribution in [0.4, 0.5) is 0 Å². The first kappa shape index (κ1) is 17.8. The summed E-state index contributed by atoms with van der Waals surface area (Å²) in [5, 5.41) is 6.75. The van der Waals surface area contributed by atoms with Crippen molar-refractivity contribution in [2.24, 2.45) is 4.99 Å². The lowest BCUT2D eigenvalue weighted by Gasteiger charge is -2.07. The van der Waals surface area contributed by atoms with Crippen molar-refractivity contribution >= 4 is 5.71 Å². The van der Waals surface area contributed by atoms with Crippen LogP contribution in [-0.2, 0) is 19.6 Å². The Hall–Kier alpha value is -2.56. The van der Waals surface area contributed by atoms with Crippen molar-refractivity contribution in [2.45, 2.75) is 19.6 Å². The molecule has 0 amide bonds. The van der Waals surface area contributed by atoms with Crippen LogP contribution in [0.3, 0.4) is 0 Å². The van der Waals surface area contributed by atoms with Crippen LogP contribution in [0.1, 0.15) is 16.8 Å². The molecule has 2 rings (SSSR count). The Labute approximate surface area is 144 Å². The molecule has 0 atom stereocenters. The van der Waals surface area contributed by atoms with Gasteiger partial charge in [0.1, 0.15) is 0 Å². The summed E-state index contributed by atoms with van der Waals surface area (Å²) < 4.78 is 0. The topological polar surface area (TPSA) is 49.3 Å². The number of benzene rings is 1. The number of aromatic nitrogens is 1. The molecule has 0 unspecified atom stereocenters. The minimum atomic E-state index is 0.683. The number of pyridine rings is 1. The van der Waals surface area contributed by atoms with E-state index in [9.17, 15) is 0 Å². The van der Waals surface area contributed by atoms with Crippen molar-refractivity contribution in [3.63, 3.8) is 0 Å². The quantitative estimate of drug-likeness (QED) is 0.661. The smallest absolute Gasteiger partial charge is 0.0541 e. The van der Waals surface area contributed by atoms with Crippen LogP contribution in [0.15, 0.2) is 79.1 Å². The van der Waals surface area contributed by atoms with E-state index in [2.05, 4.69) is 58.0 Å². The molecule has 2 aromatic rings. The molecule has 0 fully saturated rings. The van der Waals surface area contributed by atoms with Crippen LogP contribution < -0.4 is 10.6 Å². The van der Waals surface area contributed by atoms with Crippen molar-refractivity contribution in [2.75, 3.05) is 6.54 Å². The van der Waals surface area contributed by atoms with Crippen LogP contribution in [0.25, 0.3) is 0 Å². The van der Waals surface area contributed by atoms with E-state index in [0.717, 1.165) is 31.0 Å². The predicted octanol–water partition coefficient (Wildman–Crippen LogP) is 3.23. The average molecular weight is 320 g/mol. The summed E-state index contributed by atoms with van der Waals surface area (Å²) in [6, 6.07) is 14.5. The highest BCUT2D eigenvalue weighted by Gasteiger charge is 1.98. The predicted molar refractivity (Wildman–Crippen MR) is 101 cm³/mol. The monoisotopic (exact) mass is 320 g/mol. The van der Waals surface area contributed by atoms with E-state index in [0.29, 0.717) is 6.54 Å². The van der Waals surface area contributed by atoms with E-state index in [1.54, 1.807) is 6.08 Å². The molecule has 0 radical (unpaired) electrons. The molecule has 0 saturated carbocycles. The summed E-state index contributed by atoms with van der Waals surface area (Å²) in [6.07, 6.45) is 5.09. The van der Waals surface area contributed by atoms with E-state index in [-0.39, 0.29) is 0 Å². The van der Waals surface area contributed by atoms with Gasteiger partial charge in [-0.1, -0.05) is 43.5 Å². The fourth-order valence-corrected chi connectivity index (χ4v) is 2.24. The third-order valence-corrected chi connectivity index (χ3v) is 3.51. The number of aliphatic imine (C=N–C) groups is 1. The molecule has 0 aliphatic carbocycles. The van der Waals surface area contributed by atoms with Crippen molar-refractivity contribution in [1.82, 2.24) is 15.6 Å². The summed E-state index contributed by atoms with van der Waals surface area (Å²) in [6.45, 7) is 10.4. The SMILES string of the molecule is C=C/N=C(\C=C)CNCc1ccc(CNCc2ccccn2)cc1. The maximum absolute atomic E-state index is 4.30. The summed E-state index contributed by atoms with van der Waals surface area (Å²) >= 11 is 0. The second kappa shape index (κ2) is 10.3. The highest BCUT2D eigenvalue weighted by atomic mass is 14.9. The Bertz CT molecular complexity index is 660. The zero-order chi connectivity index (χ0) is 17.0. The zero-order valence-electron chi connectivity index (χ0n) is 13.9. The summed E-state index contributed by atoms with van der Waals surface area (Å²) in [4.78, 5) is 8.43. The first-order valence-electron chi connectivity index (χ1n) is 8.01. The van der Waals surface area contributed by atoms with Gasteiger partial charge < -0.3 is 10.6 Å². The first-order valence-corrected chi connectivity index (χ1v) is 8.01. The molecule has 1 aromatic carbocycles. The molecule has 4 nitrogen and oxygen atoms in total. The maximum atomic E-state index is 4.30. The van der Waals surface area contributed by atoms with Crippen molar-refractivity contribution in [3.05, 3.63) is 90.9 Å². The molecule has 124 valence electrons. The van der Waals surface area contributed by atoms with Gasteiger partial charge in [0, 0.05) is 38.6 Å². The zero-order valence-corrected chi connectivity index (χ0v) is 13.9. The minimum Gasteiger partial charge on any atom is -0.307 e. The van der Waals surface area contributed by atoms with E-state index < -0.39 is 0 Å². The normalized spacial score (nSPS) is 11.2. The van der Waals surface area contributed by atoms with Crippen LogP contribution >= 0.6 is 0 Å². The highest BCUT2D eigenvalue weighted by Crippen LogP contribution is 2.04. The number of rotatable bonds is 10. The van der Waals surface area contributed by atoms with Gasteiger partial charge in [-0.15, -0.1) is 0 Å². The third kappa shape index (κ3) is 6.28. The fraction of sp³-hybridized carbons (Fsp3) is 0.200. The van der Waals surface area contributed by atoms with E-state index in [4.69, 9.17) is 0 Å². The first-order chi connectivity index (χ1) is 11.8. The Kier molecular flexibility index (Phi) is 7.60.